The van der Waals surface area contributed by atoms with Crippen LogP contribution in [0.5, 0.6) is 0 Å². The molecular weight excluding hydrogens is 292 g/mol. The van der Waals surface area contributed by atoms with Gasteiger partial charge in [0.2, 0.25) is 10.0 Å². The molecule has 0 saturated carbocycles. The Labute approximate surface area is 124 Å². The molecular formula is C13H22N4O3S. The summed E-state index contributed by atoms with van der Waals surface area (Å²) in [6.45, 7) is 4.95. The summed E-state index contributed by atoms with van der Waals surface area (Å²) in [6.07, 6.45) is 4.07. The second kappa shape index (κ2) is 6.15. The molecule has 1 aliphatic heterocycles. The van der Waals surface area contributed by atoms with Crippen molar-refractivity contribution in [1.29, 1.82) is 0 Å². The summed E-state index contributed by atoms with van der Waals surface area (Å²) >= 11 is 0. The highest BCUT2D eigenvalue weighted by molar-refractivity contribution is 7.89. The second-order valence-corrected chi connectivity index (χ2v) is 7.07. The van der Waals surface area contributed by atoms with E-state index in [1.165, 1.54) is 0 Å². The number of nitrogens with one attached hydrogen (secondary N) is 1. The largest absolute Gasteiger partial charge is 0.337 e. The summed E-state index contributed by atoms with van der Waals surface area (Å²) in [4.78, 5) is 14.0. The Hall–Kier alpha value is -1.41. The summed E-state index contributed by atoms with van der Waals surface area (Å²) < 4.78 is 23.3. The number of likely N-dealkylation sites (tertiary alicyclic amines) is 1. The van der Waals surface area contributed by atoms with Crippen LogP contribution in [0.3, 0.4) is 0 Å². The van der Waals surface area contributed by atoms with Crippen LogP contribution >= 0.6 is 0 Å². The molecule has 0 aromatic carbocycles. The van der Waals surface area contributed by atoms with Crippen LogP contribution in [-0.2, 0) is 10.0 Å². The number of amides is 1. The van der Waals surface area contributed by atoms with E-state index in [4.69, 9.17) is 5.14 Å². The molecule has 3 N–H and O–H groups in total. The lowest BCUT2D eigenvalue weighted by Crippen LogP contribution is -2.33. The first kappa shape index (κ1) is 16.0. The average molecular weight is 314 g/mol. The molecule has 1 aromatic rings. The maximum absolute atomic E-state index is 12.6. The summed E-state index contributed by atoms with van der Waals surface area (Å²) in [5.41, 5.74) is 0.201. The Morgan fingerprint density at radius 1 is 1.43 bits per heavy atom. The molecule has 1 aromatic heterocycles. The highest BCUT2D eigenvalue weighted by Crippen LogP contribution is 2.23. The van der Waals surface area contributed by atoms with Crippen molar-refractivity contribution < 1.29 is 13.2 Å². The fourth-order valence-electron chi connectivity index (χ4n) is 2.84. The minimum atomic E-state index is -3.97. The highest BCUT2D eigenvalue weighted by Gasteiger charge is 2.29. The molecule has 8 heteroatoms. The lowest BCUT2D eigenvalue weighted by atomic mass is 9.98. The van der Waals surface area contributed by atoms with E-state index in [-0.39, 0.29) is 16.5 Å². The lowest BCUT2D eigenvalue weighted by Gasteiger charge is -2.19. The number of aromatic nitrogens is 2. The minimum Gasteiger partial charge on any atom is -0.337 e. The first-order valence-corrected chi connectivity index (χ1v) is 8.76. The third kappa shape index (κ3) is 3.44. The third-order valence-electron chi connectivity index (χ3n) is 4.09. The van der Waals surface area contributed by atoms with Gasteiger partial charge >= 0.3 is 0 Å². The van der Waals surface area contributed by atoms with Crippen molar-refractivity contribution >= 4 is 15.9 Å². The molecule has 1 fully saturated rings. The maximum Gasteiger partial charge on any atom is 0.275 e. The summed E-state index contributed by atoms with van der Waals surface area (Å²) in [7, 11) is -3.97. The monoisotopic (exact) mass is 314 g/mol. The van der Waals surface area contributed by atoms with Crippen LogP contribution in [0.1, 0.15) is 48.8 Å². The Morgan fingerprint density at radius 2 is 2.14 bits per heavy atom. The van der Waals surface area contributed by atoms with Crippen LogP contribution in [0.4, 0.5) is 0 Å². The number of hydrogen-bond donors (Lipinski definition) is 2. The Kier molecular flexibility index (Phi) is 4.67. The van der Waals surface area contributed by atoms with Crippen LogP contribution in [0.25, 0.3) is 0 Å². The number of carbonyl (C=O) groups is 1. The maximum atomic E-state index is 12.6. The predicted octanol–water partition coefficient (Wildman–Crippen LogP) is 1.02. The van der Waals surface area contributed by atoms with Gasteiger partial charge in [0.25, 0.3) is 5.91 Å². The van der Waals surface area contributed by atoms with E-state index in [2.05, 4.69) is 17.1 Å². The van der Waals surface area contributed by atoms with Crippen LogP contribution in [-0.4, -0.2) is 42.5 Å². The van der Waals surface area contributed by atoms with Gasteiger partial charge in [-0.1, -0.05) is 13.3 Å². The van der Waals surface area contributed by atoms with Crippen molar-refractivity contribution in [1.82, 2.24) is 15.1 Å². The number of nitrogens with two attached hydrogens (primary N) is 1. The van der Waals surface area contributed by atoms with Crippen LogP contribution < -0.4 is 5.14 Å². The quantitative estimate of drug-likeness (QED) is 0.868. The summed E-state index contributed by atoms with van der Waals surface area (Å²) in [5, 5.41) is 11.6. The van der Waals surface area contributed by atoms with Gasteiger partial charge < -0.3 is 4.90 Å². The van der Waals surface area contributed by atoms with Gasteiger partial charge in [-0.15, -0.1) is 0 Å². The van der Waals surface area contributed by atoms with Gasteiger partial charge in [-0.3, -0.25) is 9.89 Å². The van der Waals surface area contributed by atoms with Gasteiger partial charge in [-0.05, 0) is 32.1 Å². The van der Waals surface area contributed by atoms with Crippen molar-refractivity contribution in [3.05, 3.63) is 11.4 Å². The predicted molar refractivity (Wildman–Crippen MR) is 78.2 cm³/mol. The number of aryl methyl sites for hydroxylation is 1. The molecule has 2 heterocycles. The smallest absolute Gasteiger partial charge is 0.275 e. The number of primary sulfonamides is 1. The van der Waals surface area contributed by atoms with Gasteiger partial charge in [0.05, 0.1) is 5.69 Å². The zero-order valence-corrected chi connectivity index (χ0v) is 13.2. The van der Waals surface area contributed by atoms with Gasteiger partial charge in [0.1, 0.15) is 4.90 Å². The van der Waals surface area contributed by atoms with Crippen molar-refractivity contribution in [3.63, 3.8) is 0 Å². The Morgan fingerprint density at radius 3 is 2.76 bits per heavy atom. The van der Waals surface area contributed by atoms with Crippen molar-refractivity contribution in [2.75, 3.05) is 13.1 Å². The molecule has 0 spiro atoms. The molecule has 1 saturated heterocycles. The highest BCUT2D eigenvalue weighted by atomic mass is 32.2. The molecule has 7 nitrogen and oxygen atoms in total. The number of rotatable bonds is 3. The first-order chi connectivity index (χ1) is 9.84. The first-order valence-electron chi connectivity index (χ1n) is 7.21. The van der Waals surface area contributed by atoms with Crippen LogP contribution in [0.15, 0.2) is 4.90 Å². The van der Waals surface area contributed by atoms with E-state index in [0.717, 1.165) is 25.7 Å². The van der Waals surface area contributed by atoms with Crippen LogP contribution in [0.2, 0.25) is 0 Å². The lowest BCUT2D eigenvalue weighted by molar-refractivity contribution is 0.0750. The molecule has 1 unspecified atom stereocenters. The van der Waals surface area contributed by atoms with E-state index in [9.17, 15) is 13.2 Å². The number of sulfonamides is 1. The standard InChI is InChI=1S/C13H22N4O3S/c1-3-10-5-4-7-17(8-6-10)13(18)11-12(21(14,19)20)9(2)15-16-11/h10H,3-8H2,1-2H3,(H,15,16)(H2,14,19,20). The van der Waals surface area contributed by atoms with E-state index in [1.54, 1.807) is 11.8 Å². The van der Waals surface area contributed by atoms with E-state index in [1.807, 2.05) is 0 Å². The van der Waals surface area contributed by atoms with Gasteiger partial charge in [0, 0.05) is 13.1 Å². The number of hydrogen-bond acceptors (Lipinski definition) is 4. The minimum absolute atomic E-state index is 0.0926. The Bertz CT molecular complexity index is 623. The fourth-order valence-corrected chi connectivity index (χ4v) is 3.71. The molecule has 1 atom stereocenters. The molecule has 2 rings (SSSR count). The van der Waals surface area contributed by atoms with E-state index >= 15 is 0 Å². The number of H-pyrrole nitrogens is 1. The molecule has 21 heavy (non-hydrogen) atoms. The van der Waals surface area contributed by atoms with Gasteiger partial charge in [-0.25, -0.2) is 13.6 Å². The number of aromatic amines is 1. The molecule has 0 radical (unpaired) electrons. The zero-order valence-electron chi connectivity index (χ0n) is 12.4. The number of carbonyl (C=O) groups excluding carboxylic acids is 1. The topological polar surface area (TPSA) is 109 Å². The SMILES string of the molecule is CCC1CCCN(C(=O)c2n[nH]c(C)c2S(N)(=O)=O)CC1. The summed E-state index contributed by atoms with van der Waals surface area (Å²) in [5.74, 6) is 0.265. The van der Waals surface area contributed by atoms with Gasteiger partial charge in [-0.2, -0.15) is 5.10 Å². The normalized spacial score (nSPS) is 20.3. The molecule has 118 valence electrons. The third-order valence-corrected chi connectivity index (χ3v) is 5.16. The van der Waals surface area contributed by atoms with Crippen molar-refractivity contribution in [2.24, 2.45) is 11.1 Å². The molecule has 1 aliphatic rings. The van der Waals surface area contributed by atoms with Crippen LogP contribution in [0, 0.1) is 12.8 Å². The zero-order chi connectivity index (χ0) is 15.6. The van der Waals surface area contributed by atoms with Crippen molar-refractivity contribution in [2.45, 2.75) is 44.4 Å². The van der Waals surface area contributed by atoms with Gasteiger partial charge in [0.15, 0.2) is 5.69 Å². The van der Waals surface area contributed by atoms with E-state index in [0.29, 0.717) is 24.7 Å². The molecule has 1 amide bonds. The fraction of sp³-hybridized carbons (Fsp3) is 0.692. The number of nitrogens with zero attached hydrogens (tertiary/aromatic N) is 2. The summed E-state index contributed by atoms with van der Waals surface area (Å²) in [6, 6.07) is 0. The average Bonchev–Trinajstić information content (AvgIpc) is 2.67. The van der Waals surface area contributed by atoms with E-state index < -0.39 is 10.0 Å². The van der Waals surface area contributed by atoms with Crippen molar-refractivity contribution in [3.8, 4) is 0 Å². The molecule has 0 bridgehead atoms. The Balaban J connectivity index is 2.25. The second-order valence-electron chi connectivity index (χ2n) is 5.57. The molecule has 0 aliphatic carbocycles.